The smallest absolute Gasteiger partial charge is 0.0612 e. The topological polar surface area (TPSA) is 15.3 Å². The molecule has 0 spiro atoms. The highest BCUT2D eigenvalue weighted by Crippen LogP contribution is 2.29. The molecule has 0 heterocycles. The SMILES string of the molecule is CNCC(C)(C)N(C)c1ccc(Cl)c(Cl)c1. The fourth-order valence-corrected chi connectivity index (χ4v) is 1.89. The van der Waals surface area contributed by atoms with Crippen molar-refractivity contribution >= 4 is 28.9 Å². The third kappa shape index (κ3) is 3.03. The van der Waals surface area contributed by atoms with Gasteiger partial charge in [0.05, 0.1) is 10.0 Å². The molecule has 0 fully saturated rings. The molecular weight excluding hydrogens is 243 g/mol. The van der Waals surface area contributed by atoms with Crippen LogP contribution >= 0.6 is 23.2 Å². The minimum absolute atomic E-state index is 0.0198. The molecule has 4 heteroatoms. The molecule has 0 amide bonds. The first-order chi connectivity index (χ1) is 7.38. The van der Waals surface area contributed by atoms with Gasteiger partial charge in [-0.2, -0.15) is 0 Å². The number of rotatable bonds is 4. The van der Waals surface area contributed by atoms with E-state index in [0.29, 0.717) is 10.0 Å². The van der Waals surface area contributed by atoms with Crippen molar-refractivity contribution in [1.82, 2.24) is 5.32 Å². The second kappa shape index (κ2) is 5.26. The fourth-order valence-electron chi connectivity index (χ4n) is 1.59. The van der Waals surface area contributed by atoms with E-state index in [1.807, 2.05) is 25.2 Å². The van der Waals surface area contributed by atoms with Crippen LogP contribution in [0.4, 0.5) is 5.69 Å². The van der Waals surface area contributed by atoms with E-state index in [0.717, 1.165) is 12.2 Å². The lowest BCUT2D eigenvalue weighted by Gasteiger charge is -2.37. The predicted octanol–water partition coefficient (Wildman–Crippen LogP) is 3.43. The number of nitrogens with zero attached hydrogens (tertiary/aromatic N) is 1. The number of hydrogen-bond donors (Lipinski definition) is 1. The Hall–Kier alpha value is -0.440. The summed E-state index contributed by atoms with van der Waals surface area (Å²) in [5, 5.41) is 4.36. The lowest BCUT2D eigenvalue weighted by molar-refractivity contribution is 0.463. The van der Waals surface area contributed by atoms with E-state index in [2.05, 4.69) is 31.1 Å². The molecule has 90 valence electrons. The zero-order valence-corrected chi connectivity index (χ0v) is 11.7. The Morgan fingerprint density at radius 3 is 2.38 bits per heavy atom. The molecule has 2 nitrogen and oxygen atoms in total. The molecule has 0 saturated heterocycles. The molecule has 0 saturated carbocycles. The number of halogens is 2. The van der Waals surface area contributed by atoms with Gasteiger partial charge in [-0.15, -0.1) is 0 Å². The molecule has 1 aromatic rings. The normalized spacial score (nSPS) is 11.6. The lowest BCUT2D eigenvalue weighted by Crippen LogP contribution is -2.48. The van der Waals surface area contributed by atoms with Crippen LogP contribution in [0.15, 0.2) is 18.2 Å². The van der Waals surface area contributed by atoms with Gasteiger partial charge in [-0.3, -0.25) is 0 Å². The molecule has 1 N–H and O–H groups in total. The zero-order chi connectivity index (χ0) is 12.3. The summed E-state index contributed by atoms with van der Waals surface area (Å²) in [5.41, 5.74) is 1.08. The summed E-state index contributed by atoms with van der Waals surface area (Å²) in [6.45, 7) is 5.24. The Morgan fingerprint density at radius 1 is 1.25 bits per heavy atom. The summed E-state index contributed by atoms with van der Waals surface area (Å²) in [5.74, 6) is 0. The highest BCUT2D eigenvalue weighted by molar-refractivity contribution is 6.42. The van der Waals surface area contributed by atoms with Crippen LogP contribution in [-0.2, 0) is 0 Å². The largest absolute Gasteiger partial charge is 0.368 e. The number of nitrogens with one attached hydrogen (secondary N) is 1. The van der Waals surface area contributed by atoms with Gasteiger partial charge in [0.2, 0.25) is 0 Å². The Bertz CT molecular complexity index is 364. The summed E-state index contributed by atoms with van der Waals surface area (Å²) in [6, 6.07) is 5.69. The highest BCUT2D eigenvalue weighted by atomic mass is 35.5. The minimum atomic E-state index is 0.0198. The van der Waals surface area contributed by atoms with Crippen LogP contribution in [0.2, 0.25) is 10.0 Å². The predicted molar refractivity (Wildman–Crippen MR) is 72.9 cm³/mol. The molecule has 0 unspecified atom stereocenters. The van der Waals surface area contributed by atoms with Crippen molar-refractivity contribution in [3.8, 4) is 0 Å². The molecule has 0 aromatic heterocycles. The maximum absolute atomic E-state index is 6.01. The molecule has 1 rings (SSSR count). The van der Waals surface area contributed by atoms with E-state index >= 15 is 0 Å². The molecule has 1 aromatic carbocycles. The molecule has 0 bridgehead atoms. The van der Waals surface area contributed by atoms with E-state index in [9.17, 15) is 0 Å². The van der Waals surface area contributed by atoms with Crippen LogP contribution in [0.25, 0.3) is 0 Å². The van der Waals surface area contributed by atoms with Crippen molar-refractivity contribution in [2.45, 2.75) is 19.4 Å². The van der Waals surface area contributed by atoms with E-state index in [1.54, 1.807) is 0 Å². The first-order valence-electron chi connectivity index (χ1n) is 5.22. The molecule has 0 aliphatic rings. The van der Waals surface area contributed by atoms with E-state index in [4.69, 9.17) is 23.2 Å². The van der Waals surface area contributed by atoms with Crippen molar-refractivity contribution in [2.75, 3.05) is 25.5 Å². The summed E-state index contributed by atoms with van der Waals surface area (Å²) >= 11 is 11.9. The second-order valence-electron chi connectivity index (χ2n) is 4.50. The third-order valence-corrected chi connectivity index (χ3v) is 3.55. The van der Waals surface area contributed by atoms with Gasteiger partial charge in [0.15, 0.2) is 0 Å². The Kier molecular flexibility index (Phi) is 4.48. The molecule has 0 radical (unpaired) electrons. The van der Waals surface area contributed by atoms with Crippen molar-refractivity contribution in [3.05, 3.63) is 28.2 Å². The van der Waals surface area contributed by atoms with Gasteiger partial charge in [-0.25, -0.2) is 0 Å². The van der Waals surface area contributed by atoms with Gasteiger partial charge in [-0.05, 0) is 39.1 Å². The molecule has 16 heavy (non-hydrogen) atoms. The summed E-state index contributed by atoms with van der Waals surface area (Å²) in [6.07, 6.45) is 0. The van der Waals surface area contributed by atoms with Gasteiger partial charge in [0.1, 0.15) is 0 Å². The average Bonchev–Trinajstić information content (AvgIpc) is 2.21. The van der Waals surface area contributed by atoms with Gasteiger partial charge in [0, 0.05) is 24.8 Å². The van der Waals surface area contributed by atoms with Crippen molar-refractivity contribution in [2.24, 2.45) is 0 Å². The monoisotopic (exact) mass is 260 g/mol. The third-order valence-electron chi connectivity index (χ3n) is 2.81. The number of benzene rings is 1. The Morgan fingerprint density at radius 2 is 1.88 bits per heavy atom. The first kappa shape index (κ1) is 13.6. The highest BCUT2D eigenvalue weighted by Gasteiger charge is 2.23. The maximum Gasteiger partial charge on any atom is 0.0612 e. The maximum atomic E-state index is 6.01. The van der Waals surface area contributed by atoms with Crippen LogP contribution < -0.4 is 10.2 Å². The van der Waals surface area contributed by atoms with E-state index in [1.165, 1.54) is 0 Å². The van der Waals surface area contributed by atoms with Crippen molar-refractivity contribution < 1.29 is 0 Å². The van der Waals surface area contributed by atoms with Gasteiger partial charge in [0.25, 0.3) is 0 Å². The lowest BCUT2D eigenvalue weighted by atomic mass is 10.0. The molecule has 0 aliphatic carbocycles. The second-order valence-corrected chi connectivity index (χ2v) is 5.31. The standard InChI is InChI=1S/C12H18Cl2N2/c1-12(2,8-15-3)16(4)9-5-6-10(13)11(14)7-9/h5-7,15H,8H2,1-4H3. The van der Waals surface area contributed by atoms with Crippen molar-refractivity contribution in [1.29, 1.82) is 0 Å². The Balaban J connectivity index is 2.95. The van der Waals surface area contributed by atoms with Crippen LogP contribution in [0.1, 0.15) is 13.8 Å². The molecule has 0 atom stereocenters. The summed E-state index contributed by atoms with van der Waals surface area (Å²) in [7, 11) is 4.00. The zero-order valence-electron chi connectivity index (χ0n) is 10.1. The van der Waals surface area contributed by atoms with E-state index in [-0.39, 0.29) is 5.54 Å². The van der Waals surface area contributed by atoms with Gasteiger partial charge >= 0.3 is 0 Å². The average molecular weight is 261 g/mol. The van der Waals surface area contributed by atoms with Gasteiger partial charge in [-0.1, -0.05) is 23.2 Å². The molecule has 0 aliphatic heterocycles. The number of anilines is 1. The Labute approximate surface area is 108 Å². The van der Waals surface area contributed by atoms with Crippen molar-refractivity contribution in [3.63, 3.8) is 0 Å². The minimum Gasteiger partial charge on any atom is -0.368 e. The quantitative estimate of drug-likeness (QED) is 0.893. The van der Waals surface area contributed by atoms with Crippen LogP contribution in [0, 0.1) is 0 Å². The summed E-state index contributed by atoms with van der Waals surface area (Å²) in [4.78, 5) is 2.19. The number of hydrogen-bond acceptors (Lipinski definition) is 2. The summed E-state index contributed by atoms with van der Waals surface area (Å²) < 4.78 is 0. The van der Waals surface area contributed by atoms with E-state index < -0.39 is 0 Å². The van der Waals surface area contributed by atoms with Crippen LogP contribution in [0.5, 0.6) is 0 Å². The van der Waals surface area contributed by atoms with Crippen LogP contribution in [0.3, 0.4) is 0 Å². The first-order valence-corrected chi connectivity index (χ1v) is 5.97. The van der Waals surface area contributed by atoms with Crippen LogP contribution in [-0.4, -0.2) is 26.2 Å². The van der Waals surface area contributed by atoms with Gasteiger partial charge < -0.3 is 10.2 Å². The molecular formula is C12H18Cl2N2. The number of likely N-dealkylation sites (N-methyl/N-ethyl adjacent to an activating group) is 2. The fraction of sp³-hybridized carbons (Fsp3) is 0.500.